The second kappa shape index (κ2) is 5.75. The number of carbonyl (C=O) groups excluding carboxylic acids is 1. The Morgan fingerprint density at radius 1 is 1.39 bits per heavy atom. The number of aromatic nitrogens is 2. The normalized spacial score (nSPS) is 13.7. The van der Waals surface area contributed by atoms with Gasteiger partial charge in [0.2, 0.25) is 11.0 Å². The van der Waals surface area contributed by atoms with Crippen molar-refractivity contribution < 1.29 is 4.79 Å². The maximum absolute atomic E-state index is 11.9. The number of hydrogen-bond acceptors (Lipinski definition) is 5. The maximum Gasteiger partial charge on any atom is 0.243 e. The van der Waals surface area contributed by atoms with Crippen LogP contribution in [-0.4, -0.2) is 22.1 Å². The highest BCUT2D eigenvalue weighted by atomic mass is 32.1. The fourth-order valence-corrected chi connectivity index (χ4v) is 2.27. The predicted molar refractivity (Wildman–Crippen MR) is 74.5 cm³/mol. The highest BCUT2D eigenvalue weighted by molar-refractivity contribution is 7.15. The number of rotatable bonds is 4. The lowest BCUT2D eigenvalue weighted by Gasteiger charge is -2.25. The van der Waals surface area contributed by atoms with Gasteiger partial charge in [0, 0.05) is 6.42 Å². The Kier molecular flexibility index (Phi) is 4.81. The topological polar surface area (TPSA) is 80.9 Å². The van der Waals surface area contributed by atoms with Crippen LogP contribution in [0.1, 0.15) is 39.6 Å². The molecule has 1 rings (SSSR count). The number of amides is 1. The van der Waals surface area contributed by atoms with Crippen LogP contribution in [-0.2, 0) is 11.2 Å². The zero-order valence-electron chi connectivity index (χ0n) is 11.7. The molecule has 1 aromatic heterocycles. The van der Waals surface area contributed by atoms with Crippen molar-refractivity contribution >= 4 is 22.4 Å². The molecular weight excluding hydrogens is 248 g/mol. The molecule has 0 fully saturated rings. The maximum atomic E-state index is 11.9. The predicted octanol–water partition coefficient (Wildman–Crippen LogP) is 2.05. The zero-order chi connectivity index (χ0) is 13.9. The number of nitrogens with one attached hydrogen (secondary N) is 1. The van der Waals surface area contributed by atoms with Crippen molar-refractivity contribution in [3.05, 3.63) is 5.01 Å². The molecule has 102 valence electrons. The molecule has 0 saturated carbocycles. The van der Waals surface area contributed by atoms with E-state index in [0.717, 1.165) is 11.4 Å². The minimum atomic E-state index is -0.560. The summed E-state index contributed by atoms with van der Waals surface area (Å²) in [5.41, 5.74) is 5.61. The molecule has 6 heteroatoms. The van der Waals surface area contributed by atoms with E-state index in [4.69, 9.17) is 5.73 Å². The molecule has 0 spiro atoms. The average Bonchev–Trinajstić information content (AvgIpc) is 2.61. The molecule has 18 heavy (non-hydrogen) atoms. The Morgan fingerprint density at radius 2 is 2.00 bits per heavy atom. The fourth-order valence-electron chi connectivity index (χ4n) is 1.31. The van der Waals surface area contributed by atoms with Crippen molar-refractivity contribution in [3.63, 3.8) is 0 Å². The largest absolute Gasteiger partial charge is 0.319 e. The van der Waals surface area contributed by atoms with Crippen molar-refractivity contribution in [1.82, 2.24) is 10.2 Å². The van der Waals surface area contributed by atoms with E-state index >= 15 is 0 Å². The van der Waals surface area contributed by atoms with Crippen LogP contribution in [0.5, 0.6) is 0 Å². The minimum absolute atomic E-state index is 0.213. The first-order valence-corrected chi connectivity index (χ1v) is 6.90. The summed E-state index contributed by atoms with van der Waals surface area (Å²) in [6.07, 6.45) is 0.874. The molecule has 0 aliphatic rings. The number of carbonyl (C=O) groups is 1. The summed E-state index contributed by atoms with van der Waals surface area (Å²) < 4.78 is 0. The third-order valence-electron chi connectivity index (χ3n) is 2.50. The monoisotopic (exact) mass is 270 g/mol. The fraction of sp³-hybridized carbons (Fsp3) is 0.750. The molecule has 0 unspecified atom stereocenters. The summed E-state index contributed by atoms with van der Waals surface area (Å²) >= 11 is 1.41. The Morgan fingerprint density at radius 3 is 2.50 bits per heavy atom. The second-order valence-electron chi connectivity index (χ2n) is 5.93. The SMILES string of the molecule is CC(C)Cc1nnc(NC(=O)[C@H](N)C(C)(C)C)s1. The number of nitrogens with two attached hydrogens (primary N) is 1. The molecule has 0 radical (unpaired) electrons. The number of hydrogen-bond donors (Lipinski definition) is 2. The van der Waals surface area contributed by atoms with E-state index in [1.807, 2.05) is 20.8 Å². The summed E-state index contributed by atoms with van der Waals surface area (Å²) in [6, 6.07) is -0.560. The summed E-state index contributed by atoms with van der Waals surface area (Å²) in [5, 5.41) is 12.2. The molecule has 0 bridgehead atoms. The van der Waals surface area contributed by atoms with Gasteiger partial charge in [-0.25, -0.2) is 0 Å². The lowest BCUT2D eigenvalue weighted by molar-refractivity contribution is -0.119. The average molecular weight is 270 g/mol. The van der Waals surface area contributed by atoms with Crippen LogP contribution >= 0.6 is 11.3 Å². The summed E-state index contributed by atoms with van der Waals surface area (Å²) in [7, 11) is 0. The van der Waals surface area contributed by atoms with E-state index in [1.54, 1.807) is 0 Å². The molecule has 0 aliphatic heterocycles. The third-order valence-corrected chi connectivity index (χ3v) is 3.36. The van der Waals surface area contributed by atoms with Gasteiger partial charge in [0.05, 0.1) is 6.04 Å². The number of anilines is 1. The summed E-state index contributed by atoms with van der Waals surface area (Å²) in [6.45, 7) is 10.0. The van der Waals surface area contributed by atoms with Gasteiger partial charge in [0.15, 0.2) is 0 Å². The van der Waals surface area contributed by atoms with E-state index < -0.39 is 6.04 Å². The molecule has 0 aromatic carbocycles. The number of nitrogens with zero attached hydrogens (tertiary/aromatic N) is 2. The highest BCUT2D eigenvalue weighted by Crippen LogP contribution is 2.21. The van der Waals surface area contributed by atoms with Gasteiger partial charge in [-0.15, -0.1) is 10.2 Å². The van der Waals surface area contributed by atoms with Crippen LogP contribution in [0.4, 0.5) is 5.13 Å². The molecule has 0 saturated heterocycles. The highest BCUT2D eigenvalue weighted by Gasteiger charge is 2.28. The molecule has 1 heterocycles. The molecule has 1 aromatic rings. The van der Waals surface area contributed by atoms with Gasteiger partial charge >= 0.3 is 0 Å². The van der Waals surface area contributed by atoms with Crippen molar-refractivity contribution in [1.29, 1.82) is 0 Å². The van der Waals surface area contributed by atoms with Crippen molar-refractivity contribution in [2.24, 2.45) is 17.1 Å². The van der Waals surface area contributed by atoms with E-state index in [1.165, 1.54) is 11.3 Å². The van der Waals surface area contributed by atoms with E-state index in [2.05, 4.69) is 29.4 Å². The molecule has 3 N–H and O–H groups in total. The van der Waals surface area contributed by atoms with Crippen LogP contribution in [0.3, 0.4) is 0 Å². The Hall–Kier alpha value is -1.01. The van der Waals surface area contributed by atoms with Crippen LogP contribution in [0.15, 0.2) is 0 Å². The molecule has 0 aliphatic carbocycles. The zero-order valence-corrected chi connectivity index (χ0v) is 12.5. The van der Waals surface area contributed by atoms with Crippen LogP contribution in [0, 0.1) is 11.3 Å². The van der Waals surface area contributed by atoms with Crippen LogP contribution in [0.25, 0.3) is 0 Å². The van der Waals surface area contributed by atoms with Crippen LogP contribution < -0.4 is 11.1 Å². The van der Waals surface area contributed by atoms with Crippen molar-refractivity contribution in [2.75, 3.05) is 5.32 Å². The van der Waals surface area contributed by atoms with E-state index in [-0.39, 0.29) is 11.3 Å². The lowest BCUT2D eigenvalue weighted by Crippen LogP contribution is -2.45. The molecular formula is C12H22N4OS. The Bertz CT molecular complexity index is 408. The van der Waals surface area contributed by atoms with E-state index in [0.29, 0.717) is 11.0 Å². The van der Waals surface area contributed by atoms with Gasteiger partial charge in [0.25, 0.3) is 0 Å². The quantitative estimate of drug-likeness (QED) is 0.877. The van der Waals surface area contributed by atoms with Crippen LogP contribution in [0.2, 0.25) is 0 Å². The summed E-state index contributed by atoms with van der Waals surface area (Å²) in [4.78, 5) is 11.9. The molecule has 5 nitrogen and oxygen atoms in total. The van der Waals surface area contributed by atoms with E-state index in [9.17, 15) is 4.79 Å². The third kappa shape index (κ3) is 4.34. The standard InChI is InChI=1S/C12H22N4OS/c1-7(2)6-8-15-16-11(18-8)14-10(17)9(13)12(3,4)5/h7,9H,6,13H2,1-5H3,(H,14,16,17)/t9-/m0/s1. The minimum Gasteiger partial charge on any atom is -0.319 e. The van der Waals surface area contributed by atoms with Crippen molar-refractivity contribution in [2.45, 2.75) is 47.1 Å². The Labute approximate surface area is 112 Å². The first-order valence-electron chi connectivity index (χ1n) is 6.09. The first-order chi connectivity index (χ1) is 8.20. The van der Waals surface area contributed by atoms with Gasteiger partial charge in [-0.05, 0) is 11.3 Å². The van der Waals surface area contributed by atoms with Gasteiger partial charge in [-0.3, -0.25) is 10.1 Å². The Balaban J connectivity index is 2.63. The smallest absolute Gasteiger partial charge is 0.243 e. The van der Waals surface area contributed by atoms with Gasteiger partial charge in [-0.1, -0.05) is 46.0 Å². The van der Waals surface area contributed by atoms with Gasteiger partial charge in [0.1, 0.15) is 5.01 Å². The van der Waals surface area contributed by atoms with Gasteiger partial charge in [-0.2, -0.15) is 0 Å². The van der Waals surface area contributed by atoms with Gasteiger partial charge < -0.3 is 5.73 Å². The first kappa shape index (κ1) is 15.0. The molecule has 1 amide bonds. The summed E-state index contributed by atoms with van der Waals surface area (Å²) in [5.74, 6) is 0.313. The lowest BCUT2D eigenvalue weighted by atomic mass is 9.87. The molecule has 1 atom stereocenters. The van der Waals surface area contributed by atoms with Crippen molar-refractivity contribution in [3.8, 4) is 0 Å². The second-order valence-corrected chi connectivity index (χ2v) is 6.99.